The van der Waals surface area contributed by atoms with Gasteiger partial charge in [0.25, 0.3) is 11.8 Å². The largest absolute Gasteiger partial charge is 0.474 e. The number of ether oxygens (including phenoxy) is 1. The van der Waals surface area contributed by atoms with Gasteiger partial charge < -0.3 is 15.8 Å². The van der Waals surface area contributed by atoms with E-state index >= 15 is 0 Å². The lowest BCUT2D eigenvalue weighted by molar-refractivity contribution is -0.144. The molecular weight excluding hydrogens is 384 g/mol. The molecule has 3 aromatic heterocycles. The number of primary amides is 1. The molecule has 2 atom stereocenters. The summed E-state index contributed by atoms with van der Waals surface area (Å²) in [6.07, 6.45) is 3.31. The third-order valence-corrected chi connectivity index (χ3v) is 5.21. The molecule has 1 aliphatic heterocycles. The minimum Gasteiger partial charge on any atom is -0.474 e. The minimum absolute atomic E-state index is 0.121. The minimum atomic E-state index is -3.43. The number of halogens is 2. The van der Waals surface area contributed by atoms with Crippen molar-refractivity contribution in [2.75, 3.05) is 6.61 Å². The van der Waals surface area contributed by atoms with Crippen LogP contribution in [0.1, 0.15) is 29.4 Å². The van der Waals surface area contributed by atoms with Crippen LogP contribution in [0.3, 0.4) is 0 Å². The monoisotopic (exact) mass is 403 g/mol. The Labute approximate surface area is 164 Å². The van der Waals surface area contributed by atoms with Crippen LogP contribution in [0.15, 0.2) is 24.5 Å². The first-order valence-electron chi connectivity index (χ1n) is 9.12. The van der Waals surface area contributed by atoms with Crippen molar-refractivity contribution in [2.45, 2.75) is 32.2 Å². The first kappa shape index (κ1) is 19.0. The van der Waals surface area contributed by atoms with Gasteiger partial charge in [0, 0.05) is 17.8 Å². The predicted molar refractivity (Wildman–Crippen MR) is 99.9 cm³/mol. The number of hydrogen-bond acceptors (Lipinski definition) is 5. The lowest BCUT2D eigenvalue weighted by atomic mass is 9.95. The van der Waals surface area contributed by atoms with Gasteiger partial charge in [-0.25, -0.2) is 9.97 Å². The number of amides is 2. The first-order chi connectivity index (χ1) is 13.7. The molecule has 1 saturated heterocycles. The average Bonchev–Trinajstić information content (AvgIpc) is 3.15. The summed E-state index contributed by atoms with van der Waals surface area (Å²) in [5.74, 6) is -6.33. The zero-order valence-corrected chi connectivity index (χ0v) is 15.8. The van der Waals surface area contributed by atoms with Crippen LogP contribution in [0.5, 0.6) is 5.88 Å². The van der Waals surface area contributed by atoms with Gasteiger partial charge in [-0.05, 0) is 25.5 Å². The van der Waals surface area contributed by atoms with Crippen molar-refractivity contribution in [1.82, 2.24) is 19.7 Å². The highest BCUT2D eigenvalue weighted by molar-refractivity contribution is 6.03. The molecule has 29 heavy (non-hydrogen) atoms. The molecule has 2 amide bonds. The number of carbonyl (C=O) groups is 2. The molecule has 3 N–H and O–H groups in total. The highest BCUT2D eigenvalue weighted by atomic mass is 19.3. The maximum Gasteiger partial charge on any atom is 0.329 e. The molecule has 3 aromatic rings. The number of rotatable bonds is 5. The number of aromatic nitrogens is 3. The Hall–Kier alpha value is -3.30. The fourth-order valence-corrected chi connectivity index (χ4v) is 3.83. The SMILES string of the molecule is CCC1C(COc2nccc3cc(C(N)=O)c4nc(C)cn4c23)NC(=O)C1(F)F. The van der Waals surface area contributed by atoms with E-state index in [1.165, 1.54) is 6.20 Å². The predicted octanol–water partition coefficient (Wildman–Crippen LogP) is 1.83. The number of carbonyl (C=O) groups excluding carboxylic acids is 2. The number of aryl methyl sites for hydroxylation is 1. The molecule has 10 heteroatoms. The van der Waals surface area contributed by atoms with Crippen LogP contribution in [0.2, 0.25) is 0 Å². The maximum atomic E-state index is 14.0. The van der Waals surface area contributed by atoms with Gasteiger partial charge >= 0.3 is 5.92 Å². The van der Waals surface area contributed by atoms with Gasteiger partial charge in [-0.1, -0.05) is 6.92 Å². The summed E-state index contributed by atoms with van der Waals surface area (Å²) in [6, 6.07) is 2.43. The molecule has 0 saturated carbocycles. The topological polar surface area (TPSA) is 112 Å². The van der Waals surface area contributed by atoms with Gasteiger partial charge in [0.2, 0.25) is 5.88 Å². The molecule has 1 fully saturated rings. The second-order valence-electron chi connectivity index (χ2n) is 7.08. The van der Waals surface area contributed by atoms with E-state index < -0.39 is 29.7 Å². The average molecular weight is 403 g/mol. The Morgan fingerprint density at radius 1 is 1.45 bits per heavy atom. The molecular formula is C19H19F2N5O3. The summed E-state index contributed by atoms with van der Waals surface area (Å²) < 4.78 is 35.5. The molecule has 152 valence electrons. The molecule has 8 nitrogen and oxygen atoms in total. The number of fused-ring (bicyclic) bond motifs is 3. The van der Waals surface area contributed by atoms with E-state index in [2.05, 4.69) is 15.3 Å². The number of nitrogens with two attached hydrogens (primary N) is 1. The smallest absolute Gasteiger partial charge is 0.329 e. The number of pyridine rings is 2. The van der Waals surface area contributed by atoms with Gasteiger partial charge in [-0.3, -0.25) is 14.0 Å². The van der Waals surface area contributed by atoms with Crippen molar-refractivity contribution >= 4 is 28.4 Å². The van der Waals surface area contributed by atoms with E-state index in [4.69, 9.17) is 10.5 Å². The van der Waals surface area contributed by atoms with Crippen molar-refractivity contribution < 1.29 is 23.1 Å². The maximum absolute atomic E-state index is 14.0. The Morgan fingerprint density at radius 3 is 2.90 bits per heavy atom. The van der Waals surface area contributed by atoms with Gasteiger partial charge in [-0.2, -0.15) is 8.78 Å². The second kappa shape index (κ2) is 6.64. The van der Waals surface area contributed by atoms with E-state index in [1.54, 1.807) is 36.6 Å². The number of hydrogen-bond donors (Lipinski definition) is 2. The summed E-state index contributed by atoms with van der Waals surface area (Å²) in [5.41, 5.74) is 7.26. The highest BCUT2D eigenvalue weighted by Crippen LogP contribution is 2.36. The van der Waals surface area contributed by atoms with Gasteiger partial charge in [0.1, 0.15) is 12.1 Å². The van der Waals surface area contributed by atoms with E-state index in [-0.39, 0.29) is 24.5 Å². The third kappa shape index (κ3) is 2.95. The quantitative estimate of drug-likeness (QED) is 0.675. The summed E-state index contributed by atoms with van der Waals surface area (Å²) >= 11 is 0. The third-order valence-electron chi connectivity index (χ3n) is 5.21. The normalized spacial score (nSPS) is 20.9. The lowest BCUT2D eigenvalue weighted by Crippen LogP contribution is -2.35. The fourth-order valence-electron chi connectivity index (χ4n) is 3.83. The summed E-state index contributed by atoms with van der Waals surface area (Å²) in [6.45, 7) is 3.20. The van der Waals surface area contributed by atoms with Crippen LogP contribution in [0.25, 0.3) is 16.6 Å². The number of nitrogens with zero attached hydrogens (tertiary/aromatic N) is 3. The van der Waals surface area contributed by atoms with E-state index in [0.717, 1.165) is 0 Å². The summed E-state index contributed by atoms with van der Waals surface area (Å²) in [5, 5.41) is 2.93. The Balaban J connectivity index is 1.75. The van der Waals surface area contributed by atoms with E-state index in [1.807, 2.05) is 0 Å². The summed E-state index contributed by atoms with van der Waals surface area (Å²) in [4.78, 5) is 32.0. The van der Waals surface area contributed by atoms with Crippen LogP contribution in [-0.2, 0) is 4.79 Å². The van der Waals surface area contributed by atoms with Crippen molar-refractivity contribution in [3.8, 4) is 5.88 Å². The number of imidazole rings is 1. The van der Waals surface area contributed by atoms with Crippen molar-refractivity contribution in [3.05, 3.63) is 35.8 Å². The van der Waals surface area contributed by atoms with Crippen LogP contribution in [-0.4, -0.2) is 44.8 Å². The zero-order valence-electron chi connectivity index (χ0n) is 15.8. The molecule has 0 bridgehead atoms. The molecule has 0 aliphatic carbocycles. The van der Waals surface area contributed by atoms with Gasteiger partial charge in [-0.15, -0.1) is 0 Å². The van der Waals surface area contributed by atoms with E-state index in [0.29, 0.717) is 22.2 Å². The molecule has 0 aromatic carbocycles. The van der Waals surface area contributed by atoms with Gasteiger partial charge in [0.05, 0.1) is 23.2 Å². The standard InChI is InChI=1S/C19H19F2N5O3/c1-3-12-13(25-18(28)19(12,20)21)8-29-17-14-10(4-5-23-17)6-11(15(22)27)16-24-9(2)7-26(14)16/h4-7,12-13H,3,8H2,1-2H3,(H2,22,27)(H,25,28). The van der Waals surface area contributed by atoms with Crippen molar-refractivity contribution in [3.63, 3.8) is 0 Å². The van der Waals surface area contributed by atoms with Crippen LogP contribution >= 0.6 is 0 Å². The molecule has 0 radical (unpaired) electrons. The second-order valence-corrected chi connectivity index (χ2v) is 7.08. The molecule has 4 heterocycles. The highest BCUT2D eigenvalue weighted by Gasteiger charge is 2.56. The van der Waals surface area contributed by atoms with Crippen LogP contribution < -0.4 is 15.8 Å². The molecule has 2 unspecified atom stereocenters. The molecule has 1 aliphatic rings. The zero-order chi connectivity index (χ0) is 20.9. The Bertz CT molecular complexity index is 1140. The Morgan fingerprint density at radius 2 is 2.21 bits per heavy atom. The molecule has 0 spiro atoms. The van der Waals surface area contributed by atoms with Crippen LogP contribution in [0.4, 0.5) is 8.78 Å². The number of nitrogens with one attached hydrogen (secondary N) is 1. The van der Waals surface area contributed by atoms with Crippen LogP contribution in [0, 0.1) is 12.8 Å². The fraction of sp³-hybridized carbons (Fsp3) is 0.368. The number of alkyl halides is 2. The van der Waals surface area contributed by atoms with Gasteiger partial charge in [0.15, 0.2) is 5.65 Å². The summed E-state index contributed by atoms with van der Waals surface area (Å²) in [7, 11) is 0. The first-order valence-corrected chi connectivity index (χ1v) is 9.12. The van der Waals surface area contributed by atoms with Crippen molar-refractivity contribution in [1.29, 1.82) is 0 Å². The lowest BCUT2D eigenvalue weighted by Gasteiger charge is -2.20. The Kier molecular flexibility index (Phi) is 4.36. The van der Waals surface area contributed by atoms with Crippen molar-refractivity contribution in [2.24, 2.45) is 11.7 Å². The molecule has 4 rings (SSSR count). The van der Waals surface area contributed by atoms with E-state index in [9.17, 15) is 18.4 Å².